The number of hydrogen-bond donors (Lipinski definition) is 0. The number of ether oxygens (including phenoxy) is 2. The molecule has 0 saturated heterocycles. The van der Waals surface area contributed by atoms with Crippen molar-refractivity contribution in [1.82, 2.24) is 0 Å². The molecular weight excluding hydrogens is 292 g/mol. The van der Waals surface area contributed by atoms with Crippen molar-refractivity contribution in [3.05, 3.63) is 58.0 Å². The van der Waals surface area contributed by atoms with Crippen molar-refractivity contribution in [1.29, 1.82) is 0 Å². The molecule has 118 valence electrons. The van der Waals surface area contributed by atoms with Gasteiger partial charge in [-0.3, -0.25) is 0 Å². The van der Waals surface area contributed by atoms with Gasteiger partial charge in [-0.25, -0.2) is 9.59 Å². The molecule has 0 spiro atoms. The Hall–Kier alpha value is -2.62. The fourth-order valence-corrected chi connectivity index (χ4v) is 3.07. The maximum absolute atomic E-state index is 12.0. The highest BCUT2D eigenvalue weighted by Crippen LogP contribution is 2.22. The highest BCUT2D eigenvalue weighted by Gasteiger charge is 2.20. The smallest absolute Gasteiger partial charge is 0.338 e. The van der Waals surface area contributed by atoms with E-state index < -0.39 is 11.9 Å². The molecule has 3 rings (SSSR count). The molecule has 0 saturated carbocycles. The zero-order valence-corrected chi connectivity index (χ0v) is 13.1. The van der Waals surface area contributed by atoms with E-state index in [2.05, 4.69) is 24.3 Å². The summed E-state index contributed by atoms with van der Waals surface area (Å²) in [4.78, 5) is 24.1. The van der Waals surface area contributed by atoms with E-state index in [-0.39, 0.29) is 11.1 Å². The van der Waals surface area contributed by atoms with Gasteiger partial charge in [0.25, 0.3) is 0 Å². The number of fused-ring (bicyclic) bond motifs is 3. The first-order valence-electron chi connectivity index (χ1n) is 7.51. The largest absolute Gasteiger partial charge is 0.465 e. The first-order valence-corrected chi connectivity index (χ1v) is 7.51. The van der Waals surface area contributed by atoms with Crippen molar-refractivity contribution in [2.45, 2.75) is 6.42 Å². The summed E-state index contributed by atoms with van der Waals surface area (Å²) >= 11 is 0. The van der Waals surface area contributed by atoms with Crippen molar-refractivity contribution in [3.8, 4) is 0 Å². The zero-order chi connectivity index (χ0) is 16.4. The molecule has 2 unspecified atom stereocenters. The third-order valence-corrected chi connectivity index (χ3v) is 4.19. The van der Waals surface area contributed by atoms with E-state index in [0.29, 0.717) is 11.8 Å². The van der Waals surface area contributed by atoms with Crippen LogP contribution in [-0.2, 0) is 9.47 Å². The highest BCUT2D eigenvalue weighted by molar-refractivity contribution is 6.03. The van der Waals surface area contributed by atoms with Gasteiger partial charge in [0.2, 0.25) is 0 Å². The summed E-state index contributed by atoms with van der Waals surface area (Å²) in [7, 11) is 2.60. The maximum atomic E-state index is 12.0. The lowest BCUT2D eigenvalue weighted by Crippen LogP contribution is -2.29. The maximum Gasteiger partial charge on any atom is 0.338 e. The van der Waals surface area contributed by atoms with E-state index in [4.69, 9.17) is 9.47 Å². The van der Waals surface area contributed by atoms with Crippen LogP contribution >= 0.6 is 0 Å². The second kappa shape index (κ2) is 6.24. The number of allylic oxidation sites excluding steroid dienone is 4. The molecule has 0 amide bonds. The lowest BCUT2D eigenvalue weighted by molar-refractivity contribution is 0.0555. The molecule has 0 aliphatic heterocycles. The molecule has 2 bridgehead atoms. The van der Waals surface area contributed by atoms with Crippen molar-refractivity contribution in [2.75, 3.05) is 14.2 Å². The topological polar surface area (TPSA) is 52.6 Å². The number of methoxy groups -OCH3 is 2. The minimum atomic E-state index is -0.540. The van der Waals surface area contributed by atoms with Gasteiger partial charge in [-0.1, -0.05) is 36.5 Å². The van der Waals surface area contributed by atoms with Crippen LogP contribution in [0.4, 0.5) is 0 Å². The molecule has 0 N–H and O–H groups in total. The summed E-state index contributed by atoms with van der Waals surface area (Å²) < 4.78 is 9.61. The summed E-state index contributed by atoms with van der Waals surface area (Å²) in [5.41, 5.74) is 0.466. The SMILES string of the molecule is COC(=O)c1cc2c(cc1C(=O)OC)=CC1C=CC=CC(C=2)C1. The van der Waals surface area contributed by atoms with E-state index >= 15 is 0 Å². The Balaban J connectivity index is 2.27. The van der Waals surface area contributed by atoms with E-state index in [1.807, 2.05) is 12.2 Å². The Morgan fingerprint density at radius 2 is 1.30 bits per heavy atom. The number of rotatable bonds is 2. The van der Waals surface area contributed by atoms with Crippen LogP contribution in [0.3, 0.4) is 0 Å². The van der Waals surface area contributed by atoms with Crippen LogP contribution in [-0.4, -0.2) is 26.2 Å². The first-order chi connectivity index (χ1) is 11.1. The Morgan fingerprint density at radius 1 is 0.870 bits per heavy atom. The quantitative estimate of drug-likeness (QED) is 0.778. The normalized spacial score (nSPS) is 21.1. The number of carbonyl (C=O) groups is 2. The molecule has 4 nitrogen and oxygen atoms in total. The lowest BCUT2D eigenvalue weighted by atomic mass is 9.96. The summed E-state index contributed by atoms with van der Waals surface area (Å²) in [5.74, 6) is -0.494. The van der Waals surface area contributed by atoms with Crippen LogP contribution in [0.1, 0.15) is 27.1 Å². The number of hydrogen-bond acceptors (Lipinski definition) is 4. The van der Waals surface area contributed by atoms with E-state index in [1.54, 1.807) is 12.1 Å². The van der Waals surface area contributed by atoms with Crippen LogP contribution in [0.5, 0.6) is 0 Å². The predicted octanol–water partition coefficient (Wildman–Crippen LogP) is 1.58. The van der Waals surface area contributed by atoms with E-state index in [1.165, 1.54) is 14.2 Å². The summed E-state index contributed by atoms with van der Waals surface area (Å²) in [6, 6.07) is 3.44. The van der Waals surface area contributed by atoms with Gasteiger partial charge >= 0.3 is 11.9 Å². The summed E-state index contributed by atoms with van der Waals surface area (Å²) in [6.45, 7) is 0. The number of carbonyl (C=O) groups excluding carboxylic acids is 2. The van der Waals surface area contributed by atoms with Crippen LogP contribution in [0.2, 0.25) is 0 Å². The van der Waals surface area contributed by atoms with Gasteiger partial charge in [-0.05, 0) is 40.8 Å². The van der Waals surface area contributed by atoms with Gasteiger partial charge in [0.15, 0.2) is 0 Å². The third-order valence-electron chi connectivity index (χ3n) is 4.19. The van der Waals surface area contributed by atoms with Gasteiger partial charge in [0, 0.05) is 0 Å². The van der Waals surface area contributed by atoms with Crippen LogP contribution in [0.25, 0.3) is 12.2 Å². The van der Waals surface area contributed by atoms with Crippen LogP contribution in [0, 0.1) is 11.8 Å². The molecule has 0 aromatic heterocycles. The Labute approximate surface area is 134 Å². The van der Waals surface area contributed by atoms with Crippen molar-refractivity contribution in [2.24, 2.45) is 11.8 Å². The number of benzene rings is 1. The molecular formula is C19H18O4. The third kappa shape index (κ3) is 2.97. The molecule has 2 aliphatic rings. The van der Waals surface area contributed by atoms with Gasteiger partial charge < -0.3 is 9.47 Å². The molecule has 0 fully saturated rings. The van der Waals surface area contributed by atoms with Crippen molar-refractivity contribution in [3.63, 3.8) is 0 Å². The molecule has 4 heteroatoms. The zero-order valence-electron chi connectivity index (χ0n) is 13.1. The second-order valence-electron chi connectivity index (χ2n) is 5.68. The number of esters is 2. The van der Waals surface area contributed by atoms with Gasteiger partial charge in [-0.2, -0.15) is 0 Å². The Bertz CT molecular complexity index is 761. The lowest BCUT2D eigenvalue weighted by Gasteiger charge is -2.08. The standard InChI is InChI=1S/C19H18O4/c1-22-18(20)16-10-14-8-12-5-3-4-6-13(7-12)9-15(14)11-17(16)19(21)23-2/h3-6,8-13H,7H2,1-2H3. The molecule has 23 heavy (non-hydrogen) atoms. The average Bonchev–Trinajstić information content (AvgIpc) is 2.89. The Kier molecular flexibility index (Phi) is 4.15. The Morgan fingerprint density at radius 3 is 1.70 bits per heavy atom. The van der Waals surface area contributed by atoms with Crippen molar-refractivity contribution < 1.29 is 19.1 Å². The first kappa shape index (κ1) is 15.3. The van der Waals surface area contributed by atoms with E-state index in [9.17, 15) is 9.59 Å². The second-order valence-corrected chi connectivity index (χ2v) is 5.68. The molecule has 0 radical (unpaired) electrons. The predicted molar refractivity (Wildman–Crippen MR) is 87.2 cm³/mol. The fourth-order valence-electron chi connectivity index (χ4n) is 3.07. The average molecular weight is 310 g/mol. The van der Waals surface area contributed by atoms with Gasteiger partial charge in [0.05, 0.1) is 25.3 Å². The van der Waals surface area contributed by atoms with Gasteiger partial charge in [0.1, 0.15) is 0 Å². The minimum Gasteiger partial charge on any atom is -0.465 e. The fraction of sp³-hybridized carbons (Fsp3) is 0.263. The monoisotopic (exact) mass is 310 g/mol. The minimum absolute atomic E-state index is 0.233. The summed E-state index contributed by atoms with van der Waals surface area (Å²) in [6.07, 6.45) is 13.6. The van der Waals surface area contributed by atoms with Crippen molar-refractivity contribution >= 4 is 24.1 Å². The van der Waals surface area contributed by atoms with Gasteiger partial charge in [-0.15, -0.1) is 0 Å². The summed E-state index contributed by atoms with van der Waals surface area (Å²) in [5, 5.41) is 1.87. The molecule has 0 heterocycles. The molecule has 2 aliphatic carbocycles. The highest BCUT2D eigenvalue weighted by atomic mass is 16.5. The van der Waals surface area contributed by atoms with Crippen LogP contribution in [0.15, 0.2) is 36.4 Å². The molecule has 2 atom stereocenters. The van der Waals surface area contributed by atoms with E-state index in [0.717, 1.165) is 16.9 Å². The molecule has 1 aromatic rings. The van der Waals surface area contributed by atoms with Crippen LogP contribution < -0.4 is 10.4 Å². The molecule has 1 aromatic carbocycles.